The van der Waals surface area contributed by atoms with Crippen molar-refractivity contribution in [3.05, 3.63) is 39.8 Å². The van der Waals surface area contributed by atoms with Crippen LogP contribution in [0.4, 0.5) is 0 Å². The first-order valence-electron chi connectivity index (χ1n) is 4.07. The van der Waals surface area contributed by atoms with E-state index in [2.05, 4.69) is 35.3 Å². The molecule has 0 radical (unpaired) electrons. The van der Waals surface area contributed by atoms with E-state index in [1.165, 1.54) is 21.3 Å². The minimum atomic E-state index is 0.723. The van der Waals surface area contributed by atoms with E-state index in [0.717, 1.165) is 15.0 Å². The molecule has 0 N–H and O–H groups in total. The van der Waals surface area contributed by atoms with Crippen LogP contribution in [-0.2, 0) is 5.32 Å². The molecule has 0 nitrogen and oxygen atoms in total. The van der Waals surface area contributed by atoms with Gasteiger partial charge in [-0.05, 0) is 0 Å². The molecule has 0 spiro atoms. The number of fused-ring (bicyclic) bond motifs is 2. The predicted molar refractivity (Wildman–Crippen MR) is 53.1 cm³/mol. The van der Waals surface area contributed by atoms with Gasteiger partial charge >= 0.3 is 77.2 Å². The van der Waals surface area contributed by atoms with Crippen LogP contribution in [0.25, 0.3) is 17.1 Å². The van der Waals surface area contributed by atoms with Crippen molar-refractivity contribution in [1.29, 1.82) is 0 Å². The van der Waals surface area contributed by atoms with Gasteiger partial charge in [0.25, 0.3) is 0 Å². The maximum absolute atomic E-state index is 2.40. The Labute approximate surface area is 77.5 Å². The van der Waals surface area contributed by atoms with Crippen molar-refractivity contribution in [2.45, 2.75) is 5.32 Å². The standard InChI is InChI=1S/C11H8Se/c1-2-8-4-10-6-12-7-11(10)5-9(8)3-1/h1-6H,7H2. The molecule has 0 saturated heterocycles. The zero-order valence-corrected chi connectivity index (χ0v) is 8.29. The SMILES string of the molecule is C1=Cc2cc3c(cc2=C1)C[Se]C=3. The molecule has 0 saturated carbocycles. The number of allylic oxidation sites excluding steroid dienone is 1. The van der Waals surface area contributed by atoms with Crippen LogP contribution in [0.2, 0.25) is 0 Å². The Morgan fingerprint density at radius 2 is 2.17 bits per heavy atom. The molecule has 3 rings (SSSR count). The van der Waals surface area contributed by atoms with Gasteiger partial charge < -0.3 is 0 Å². The minimum absolute atomic E-state index is 0.723. The second kappa shape index (κ2) is 2.35. The monoisotopic (exact) mass is 220 g/mol. The molecule has 0 amide bonds. The quantitative estimate of drug-likeness (QED) is 0.556. The molecular formula is C11H8Se. The van der Waals surface area contributed by atoms with E-state index in [0.29, 0.717) is 0 Å². The molecule has 2 aliphatic rings. The van der Waals surface area contributed by atoms with Gasteiger partial charge in [-0.25, -0.2) is 0 Å². The molecule has 1 aromatic rings. The molecule has 12 heavy (non-hydrogen) atoms. The second-order valence-electron chi connectivity index (χ2n) is 3.13. The fourth-order valence-corrected chi connectivity index (χ4v) is 3.61. The Morgan fingerprint density at radius 1 is 1.17 bits per heavy atom. The topological polar surface area (TPSA) is 0 Å². The summed E-state index contributed by atoms with van der Waals surface area (Å²) >= 11 is 0.723. The molecule has 1 aliphatic heterocycles. The first-order chi connectivity index (χ1) is 5.93. The molecule has 0 unspecified atom stereocenters. The van der Waals surface area contributed by atoms with Crippen molar-refractivity contribution < 1.29 is 0 Å². The molecule has 1 aromatic carbocycles. The number of hydrogen-bond acceptors (Lipinski definition) is 0. The number of benzene rings is 1. The Hall–Kier alpha value is -0.781. The van der Waals surface area contributed by atoms with Crippen molar-refractivity contribution in [3.8, 4) is 0 Å². The molecule has 1 heterocycles. The fraction of sp³-hybridized carbons (Fsp3) is 0.0909. The van der Waals surface area contributed by atoms with Gasteiger partial charge in [-0.2, -0.15) is 0 Å². The van der Waals surface area contributed by atoms with E-state index in [4.69, 9.17) is 0 Å². The van der Waals surface area contributed by atoms with Gasteiger partial charge in [0.15, 0.2) is 0 Å². The van der Waals surface area contributed by atoms with Gasteiger partial charge in [-0.3, -0.25) is 0 Å². The van der Waals surface area contributed by atoms with Crippen LogP contribution in [0.1, 0.15) is 11.1 Å². The zero-order chi connectivity index (χ0) is 7.97. The summed E-state index contributed by atoms with van der Waals surface area (Å²) in [6.45, 7) is 0. The number of rotatable bonds is 0. The summed E-state index contributed by atoms with van der Waals surface area (Å²) in [6.07, 6.45) is 6.51. The number of hydrogen-bond donors (Lipinski definition) is 0. The summed E-state index contributed by atoms with van der Waals surface area (Å²) in [6, 6.07) is 4.66. The third-order valence-corrected chi connectivity index (χ3v) is 4.23. The summed E-state index contributed by atoms with van der Waals surface area (Å²) in [5, 5.41) is 4.18. The Bertz CT molecular complexity index is 480. The average molecular weight is 219 g/mol. The Morgan fingerprint density at radius 3 is 3.17 bits per heavy atom. The molecule has 0 atom stereocenters. The zero-order valence-electron chi connectivity index (χ0n) is 6.58. The molecule has 1 heteroatoms. The summed E-state index contributed by atoms with van der Waals surface area (Å²) < 4.78 is 0. The molecule has 0 aromatic heterocycles. The van der Waals surface area contributed by atoms with Crippen LogP contribution in [0.3, 0.4) is 0 Å². The van der Waals surface area contributed by atoms with Crippen molar-refractivity contribution in [2.75, 3.05) is 0 Å². The van der Waals surface area contributed by atoms with E-state index in [-0.39, 0.29) is 0 Å². The second-order valence-corrected chi connectivity index (χ2v) is 4.93. The van der Waals surface area contributed by atoms with Gasteiger partial charge in [0.2, 0.25) is 0 Å². The van der Waals surface area contributed by atoms with Gasteiger partial charge in [-0.15, -0.1) is 0 Å². The first kappa shape index (κ1) is 6.71. The summed E-state index contributed by atoms with van der Waals surface area (Å²) in [5.74, 6) is 0. The van der Waals surface area contributed by atoms with E-state index in [9.17, 15) is 0 Å². The normalized spacial score (nSPS) is 16.7. The average Bonchev–Trinajstić information content (AvgIpc) is 2.64. The molecule has 0 fully saturated rings. The Balaban J connectivity index is 2.45. The van der Waals surface area contributed by atoms with Crippen LogP contribution in [0, 0.1) is 0 Å². The van der Waals surface area contributed by atoms with Crippen LogP contribution in [-0.4, -0.2) is 15.0 Å². The van der Waals surface area contributed by atoms with E-state index in [1.54, 1.807) is 5.56 Å². The van der Waals surface area contributed by atoms with Gasteiger partial charge in [-0.1, -0.05) is 0 Å². The van der Waals surface area contributed by atoms with E-state index < -0.39 is 0 Å². The van der Waals surface area contributed by atoms with Gasteiger partial charge in [0.05, 0.1) is 0 Å². The van der Waals surface area contributed by atoms with E-state index >= 15 is 0 Å². The Kier molecular flexibility index (Phi) is 1.31. The molecule has 1 aliphatic carbocycles. The molecular weight excluding hydrogens is 211 g/mol. The predicted octanol–water partition coefficient (Wildman–Crippen LogP) is 0.450. The van der Waals surface area contributed by atoms with Crippen molar-refractivity contribution in [1.82, 2.24) is 0 Å². The third-order valence-electron chi connectivity index (χ3n) is 2.35. The van der Waals surface area contributed by atoms with Gasteiger partial charge in [0.1, 0.15) is 0 Å². The van der Waals surface area contributed by atoms with Crippen LogP contribution in [0.5, 0.6) is 0 Å². The molecule has 58 valence electrons. The van der Waals surface area contributed by atoms with Crippen molar-refractivity contribution in [2.24, 2.45) is 0 Å². The molecule has 0 bridgehead atoms. The van der Waals surface area contributed by atoms with Crippen molar-refractivity contribution in [3.63, 3.8) is 0 Å². The maximum atomic E-state index is 2.40. The van der Waals surface area contributed by atoms with Gasteiger partial charge in [0, 0.05) is 0 Å². The van der Waals surface area contributed by atoms with Crippen LogP contribution < -0.4 is 10.4 Å². The van der Waals surface area contributed by atoms with Crippen LogP contribution in [0.15, 0.2) is 18.2 Å². The van der Waals surface area contributed by atoms with Crippen molar-refractivity contribution >= 4 is 32.1 Å². The summed E-state index contributed by atoms with van der Waals surface area (Å²) in [4.78, 5) is 2.40. The fourth-order valence-electron chi connectivity index (χ4n) is 1.70. The summed E-state index contributed by atoms with van der Waals surface area (Å²) in [7, 11) is 0. The third kappa shape index (κ3) is 0.841. The van der Waals surface area contributed by atoms with E-state index in [1.807, 2.05) is 0 Å². The first-order valence-corrected chi connectivity index (χ1v) is 6.27. The summed E-state index contributed by atoms with van der Waals surface area (Å²) in [5.41, 5.74) is 2.94. The van der Waals surface area contributed by atoms with Crippen LogP contribution >= 0.6 is 0 Å².